The number of carbonyl (C=O) groups excluding carboxylic acids is 1. The first-order valence-corrected chi connectivity index (χ1v) is 10.3. The first-order chi connectivity index (χ1) is 12.8. The van der Waals surface area contributed by atoms with E-state index in [-0.39, 0.29) is 5.97 Å². The van der Waals surface area contributed by atoms with Crippen LogP contribution in [0.4, 0.5) is 0 Å². The molecular formula is C24H39NO2. The fourth-order valence-corrected chi connectivity index (χ4v) is 3.81. The zero-order chi connectivity index (χ0) is 20.3. The van der Waals surface area contributed by atoms with Gasteiger partial charge in [-0.05, 0) is 63.1 Å². The van der Waals surface area contributed by atoms with Crippen molar-refractivity contribution >= 4 is 5.97 Å². The Balaban J connectivity index is 2.54. The van der Waals surface area contributed by atoms with E-state index >= 15 is 0 Å². The third-order valence-electron chi connectivity index (χ3n) is 5.44. The summed E-state index contributed by atoms with van der Waals surface area (Å²) >= 11 is 0. The van der Waals surface area contributed by atoms with Crippen molar-refractivity contribution in [3.63, 3.8) is 0 Å². The second kappa shape index (κ2) is 12.0. The van der Waals surface area contributed by atoms with Crippen LogP contribution in [0.5, 0.6) is 0 Å². The number of esters is 1. The maximum absolute atomic E-state index is 11.7. The zero-order valence-electron chi connectivity index (χ0n) is 18.2. The van der Waals surface area contributed by atoms with Crippen molar-refractivity contribution in [1.82, 2.24) is 5.32 Å². The highest BCUT2D eigenvalue weighted by Gasteiger charge is 2.34. The molecule has 0 aromatic heterocycles. The van der Waals surface area contributed by atoms with Crippen LogP contribution in [-0.2, 0) is 9.53 Å². The number of allylic oxidation sites excluding steroid dienone is 7. The van der Waals surface area contributed by atoms with Gasteiger partial charge >= 0.3 is 5.97 Å². The van der Waals surface area contributed by atoms with Crippen LogP contribution in [0.3, 0.4) is 0 Å². The number of hydrogen-bond acceptors (Lipinski definition) is 3. The largest absolute Gasteiger partial charge is 0.462 e. The number of nitrogens with one attached hydrogen (secondary N) is 1. The number of ether oxygens (including phenoxy) is 1. The SMILES string of the molecule is CNCCCOC(=O)/C=C(C)/C=C/C=C(C)/C=C/C1C(C)CCCC1(C)C. The summed E-state index contributed by atoms with van der Waals surface area (Å²) in [5, 5.41) is 3.03. The predicted molar refractivity (Wildman–Crippen MR) is 116 cm³/mol. The van der Waals surface area contributed by atoms with E-state index in [2.05, 4.69) is 51.2 Å². The lowest BCUT2D eigenvalue weighted by Gasteiger charge is -2.41. The zero-order valence-corrected chi connectivity index (χ0v) is 18.2. The predicted octanol–water partition coefficient (Wildman–Crippen LogP) is 5.61. The maximum Gasteiger partial charge on any atom is 0.331 e. The fraction of sp³-hybridized carbons (Fsp3) is 0.625. The average molecular weight is 374 g/mol. The molecule has 3 nitrogen and oxygen atoms in total. The molecule has 0 aromatic rings. The topological polar surface area (TPSA) is 38.3 Å². The molecule has 0 spiro atoms. The van der Waals surface area contributed by atoms with E-state index in [9.17, 15) is 4.79 Å². The van der Waals surface area contributed by atoms with Crippen LogP contribution < -0.4 is 5.32 Å². The lowest BCUT2D eigenvalue weighted by atomic mass is 9.64. The highest BCUT2D eigenvalue weighted by molar-refractivity contribution is 5.83. The van der Waals surface area contributed by atoms with Crippen molar-refractivity contribution in [2.45, 2.75) is 60.3 Å². The summed E-state index contributed by atoms with van der Waals surface area (Å²) < 4.78 is 5.16. The second-order valence-electron chi connectivity index (χ2n) is 8.53. The molecule has 0 aliphatic heterocycles. The van der Waals surface area contributed by atoms with Crippen LogP contribution >= 0.6 is 0 Å². The minimum absolute atomic E-state index is 0.276. The van der Waals surface area contributed by atoms with Crippen LogP contribution in [0.25, 0.3) is 0 Å². The first-order valence-electron chi connectivity index (χ1n) is 10.3. The quantitative estimate of drug-likeness (QED) is 0.247. The molecule has 0 amide bonds. The molecule has 1 saturated carbocycles. The smallest absolute Gasteiger partial charge is 0.331 e. The van der Waals surface area contributed by atoms with Crippen molar-refractivity contribution in [2.75, 3.05) is 20.2 Å². The molecule has 152 valence electrons. The molecule has 1 aliphatic rings. The van der Waals surface area contributed by atoms with E-state index < -0.39 is 0 Å². The maximum atomic E-state index is 11.7. The average Bonchev–Trinajstić information content (AvgIpc) is 2.57. The summed E-state index contributed by atoms with van der Waals surface area (Å²) in [6.07, 6.45) is 17.0. The van der Waals surface area contributed by atoms with Gasteiger partial charge in [0.25, 0.3) is 0 Å². The van der Waals surface area contributed by atoms with Gasteiger partial charge < -0.3 is 10.1 Å². The minimum Gasteiger partial charge on any atom is -0.462 e. The summed E-state index contributed by atoms with van der Waals surface area (Å²) in [6, 6.07) is 0. The number of rotatable bonds is 9. The molecule has 0 heterocycles. The Morgan fingerprint density at radius 2 is 1.96 bits per heavy atom. The summed E-state index contributed by atoms with van der Waals surface area (Å²) in [5.74, 6) is 1.11. The highest BCUT2D eigenvalue weighted by atomic mass is 16.5. The molecule has 0 aromatic carbocycles. The highest BCUT2D eigenvalue weighted by Crippen LogP contribution is 2.44. The van der Waals surface area contributed by atoms with Gasteiger partial charge in [0.15, 0.2) is 0 Å². The molecule has 0 radical (unpaired) electrons. The standard InChI is InChI=1S/C24H39NO2/c1-19(13-14-22-21(3)12-8-15-24(22,4)5)10-7-11-20(2)18-23(26)27-17-9-16-25-6/h7,10-11,13-14,18,21-22,25H,8-9,12,15-17H2,1-6H3/b11-7+,14-13+,19-10+,20-18+. The van der Waals surface area contributed by atoms with Crippen LogP contribution in [0.1, 0.15) is 60.3 Å². The summed E-state index contributed by atoms with van der Waals surface area (Å²) in [7, 11) is 1.89. The monoisotopic (exact) mass is 373 g/mol. The lowest BCUT2D eigenvalue weighted by Crippen LogP contribution is -2.32. The molecule has 3 heteroatoms. The third kappa shape index (κ3) is 9.23. The van der Waals surface area contributed by atoms with E-state index in [0.29, 0.717) is 17.9 Å². The molecule has 0 bridgehead atoms. The molecular weight excluding hydrogens is 334 g/mol. The van der Waals surface area contributed by atoms with E-state index in [1.165, 1.54) is 24.8 Å². The molecule has 2 unspecified atom stereocenters. The Bertz CT molecular complexity index is 581. The van der Waals surface area contributed by atoms with Crippen LogP contribution in [0, 0.1) is 17.3 Å². The molecule has 1 rings (SSSR count). The second-order valence-corrected chi connectivity index (χ2v) is 8.53. The summed E-state index contributed by atoms with van der Waals surface area (Å²) in [4.78, 5) is 11.7. The Hall–Kier alpha value is -1.61. The Labute approximate surface area is 166 Å². The van der Waals surface area contributed by atoms with Gasteiger partial charge in [-0.25, -0.2) is 4.79 Å². The van der Waals surface area contributed by atoms with Crippen molar-refractivity contribution in [2.24, 2.45) is 17.3 Å². The van der Waals surface area contributed by atoms with E-state index in [4.69, 9.17) is 4.74 Å². The molecule has 27 heavy (non-hydrogen) atoms. The summed E-state index contributed by atoms with van der Waals surface area (Å²) in [6.45, 7) is 12.5. The van der Waals surface area contributed by atoms with Gasteiger partial charge in [0.2, 0.25) is 0 Å². The van der Waals surface area contributed by atoms with Gasteiger partial charge in [0, 0.05) is 6.08 Å². The Morgan fingerprint density at radius 1 is 1.22 bits per heavy atom. The van der Waals surface area contributed by atoms with Crippen LogP contribution in [-0.4, -0.2) is 26.2 Å². The number of hydrogen-bond donors (Lipinski definition) is 1. The van der Waals surface area contributed by atoms with E-state index in [1.807, 2.05) is 26.1 Å². The van der Waals surface area contributed by atoms with Gasteiger partial charge in [0.05, 0.1) is 6.61 Å². The van der Waals surface area contributed by atoms with Crippen molar-refractivity contribution in [3.8, 4) is 0 Å². The first kappa shape index (κ1) is 23.4. The Morgan fingerprint density at radius 3 is 2.63 bits per heavy atom. The van der Waals surface area contributed by atoms with Gasteiger partial charge in [-0.15, -0.1) is 0 Å². The molecule has 1 N–H and O–H groups in total. The van der Waals surface area contributed by atoms with E-state index in [1.54, 1.807) is 6.08 Å². The molecule has 1 aliphatic carbocycles. The summed E-state index contributed by atoms with van der Waals surface area (Å²) in [5.41, 5.74) is 2.50. The molecule has 2 atom stereocenters. The van der Waals surface area contributed by atoms with Crippen molar-refractivity contribution in [1.29, 1.82) is 0 Å². The molecule has 0 saturated heterocycles. The fourth-order valence-electron chi connectivity index (χ4n) is 3.81. The van der Waals surface area contributed by atoms with Gasteiger partial charge in [-0.2, -0.15) is 0 Å². The van der Waals surface area contributed by atoms with Crippen LogP contribution in [0.15, 0.2) is 47.6 Å². The number of carbonyl (C=O) groups is 1. The normalized spacial score (nSPS) is 23.9. The van der Waals surface area contributed by atoms with Gasteiger partial charge in [0.1, 0.15) is 0 Å². The molecule has 1 fully saturated rings. The Kier molecular flexibility index (Phi) is 10.4. The lowest BCUT2D eigenvalue weighted by molar-refractivity contribution is -0.137. The third-order valence-corrected chi connectivity index (χ3v) is 5.44. The van der Waals surface area contributed by atoms with Gasteiger partial charge in [-0.3, -0.25) is 0 Å². The van der Waals surface area contributed by atoms with E-state index in [0.717, 1.165) is 24.5 Å². The van der Waals surface area contributed by atoms with Crippen LogP contribution in [0.2, 0.25) is 0 Å². The van der Waals surface area contributed by atoms with Gasteiger partial charge in [-0.1, -0.05) is 69.6 Å². The van der Waals surface area contributed by atoms with Crippen molar-refractivity contribution in [3.05, 3.63) is 47.6 Å². The van der Waals surface area contributed by atoms with Crippen molar-refractivity contribution < 1.29 is 9.53 Å². The minimum atomic E-state index is -0.276.